The summed E-state index contributed by atoms with van der Waals surface area (Å²) in [6, 6.07) is -5.31. The standard InChI is InChI=1S/2C2F6O2.C2F6O/c3-1(4,5)9-10-2(6,7)8;3-1(4,5)2(6,9-7)10-8;3-1(4,5)2(6,7)9-8. The molecule has 0 spiro atoms. The van der Waals surface area contributed by atoms with Crippen LogP contribution < -0.4 is 0 Å². The van der Waals surface area contributed by atoms with E-state index in [0.717, 1.165) is 0 Å². The van der Waals surface area contributed by atoms with E-state index in [1.165, 1.54) is 4.94 Å². The maximum atomic E-state index is 11.4. The third-order valence-electron chi connectivity index (χ3n) is 1.19. The fourth-order valence-corrected chi connectivity index (χ4v) is 0.238. The third kappa shape index (κ3) is 15.1. The van der Waals surface area contributed by atoms with E-state index in [0.29, 0.717) is 0 Å². The quantitative estimate of drug-likeness (QED) is 0.208. The summed E-state index contributed by atoms with van der Waals surface area (Å²) in [5.74, 6) is 0. The second-order valence-corrected chi connectivity index (χ2v) is 3.34. The monoisotopic (exact) mass is 494 g/mol. The lowest BCUT2D eigenvalue weighted by atomic mass is 10.6. The van der Waals surface area contributed by atoms with Gasteiger partial charge < -0.3 is 0 Å². The lowest BCUT2D eigenvalue weighted by Gasteiger charge is -2.16. The molecule has 0 aromatic carbocycles. The SMILES string of the molecule is FC(F)(F)OOC(F)(F)F.FOC(F)(F)C(F)(F)F.FOC(F)(OF)C(F)(F)F. The predicted octanol–water partition coefficient (Wildman–Crippen LogP) is 5.99. The molecule has 0 amide bonds. The van der Waals surface area contributed by atoms with Gasteiger partial charge in [-0.05, 0) is 13.6 Å². The lowest BCUT2D eigenvalue weighted by Crippen LogP contribution is -2.42. The van der Waals surface area contributed by atoms with Crippen LogP contribution in [-0.2, 0) is 24.6 Å². The molecule has 0 aliphatic carbocycles. The van der Waals surface area contributed by atoms with Gasteiger partial charge in [-0.25, -0.2) is 0 Å². The van der Waals surface area contributed by atoms with Crippen molar-refractivity contribution in [3.63, 3.8) is 0 Å². The molecule has 0 atom stereocenters. The van der Waals surface area contributed by atoms with E-state index in [4.69, 9.17) is 0 Å². The van der Waals surface area contributed by atoms with Gasteiger partial charge in [-0.2, -0.15) is 39.5 Å². The van der Waals surface area contributed by atoms with Crippen LogP contribution in [0.3, 0.4) is 0 Å². The van der Waals surface area contributed by atoms with Gasteiger partial charge in [-0.1, -0.05) is 0 Å². The lowest BCUT2D eigenvalue weighted by molar-refractivity contribution is -0.572. The highest BCUT2D eigenvalue weighted by molar-refractivity contribution is 4.62. The van der Waals surface area contributed by atoms with Gasteiger partial charge in [0.1, 0.15) is 0 Å². The van der Waals surface area contributed by atoms with Gasteiger partial charge in [0.2, 0.25) is 0 Å². The molecule has 0 aliphatic heterocycles. The van der Waals surface area contributed by atoms with Crippen LogP contribution in [0.15, 0.2) is 0 Å². The Kier molecular flexibility index (Phi) is 12.3. The van der Waals surface area contributed by atoms with Crippen molar-refractivity contribution in [1.82, 2.24) is 0 Å². The minimum Gasteiger partial charge on any atom is -0.166 e. The van der Waals surface area contributed by atoms with Crippen molar-refractivity contribution in [2.45, 2.75) is 37.2 Å². The van der Waals surface area contributed by atoms with E-state index in [1.54, 1.807) is 9.88 Å². The first kappa shape index (κ1) is 32.2. The van der Waals surface area contributed by atoms with Gasteiger partial charge in [0, 0.05) is 0 Å². The molecule has 0 aromatic heterocycles. The van der Waals surface area contributed by atoms with Crippen molar-refractivity contribution >= 4 is 0 Å². The summed E-state index contributed by atoms with van der Waals surface area (Å²) in [6.45, 7) is 0. The molecule has 0 saturated carbocycles. The molecule has 0 aliphatic rings. The molecule has 0 saturated heterocycles. The summed E-state index contributed by atoms with van der Waals surface area (Å²) in [4.78, 5) is 8.41. The van der Waals surface area contributed by atoms with Gasteiger partial charge in [0.15, 0.2) is 0 Å². The van der Waals surface area contributed by atoms with Gasteiger partial charge in [0.05, 0.1) is 0 Å². The molecule has 0 heterocycles. The summed E-state index contributed by atoms with van der Waals surface area (Å²) >= 11 is 0. The molecular weight excluding hydrogens is 494 g/mol. The molecule has 0 bridgehead atoms. The van der Waals surface area contributed by atoms with E-state index < -0.39 is 37.2 Å². The van der Waals surface area contributed by atoms with Crippen molar-refractivity contribution in [2.24, 2.45) is 0 Å². The predicted molar refractivity (Wildman–Crippen MR) is 41.8 cm³/mol. The Hall–Kier alpha value is -1.46. The number of halogens is 18. The van der Waals surface area contributed by atoms with Gasteiger partial charge in [-0.3, -0.25) is 0 Å². The molecule has 0 N–H and O–H groups in total. The Morgan fingerprint density at radius 2 is 0.655 bits per heavy atom. The van der Waals surface area contributed by atoms with Crippen LogP contribution in [0.5, 0.6) is 0 Å². The summed E-state index contributed by atoms with van der Waals surface area (Å²) < 4.78 is 194. The van der Waals surface area contributed by atoms with E-state index in [1.807, 2.05) is 9.78 Å². The molecule has 180 valence electrons. The van der Waals surface area contributed by atoms with E-state index in [2.05, 4.69) is 0 Å². The van der Waals surface area contributed by atoms with Crippen molar-refractivity contribution in [1.29, 1.82) is 0 Å². The first-order valence-electron chi connectivity index (χ1n) is 4.98. The largest absolute Gasteiger partial charge is 0.549 e. The van der Waals surface area contributed by atoms with Crippen LogP contribution in [0.25, 0.3) is 0 Å². The highest BCUT2D eigenvalue weighted by Gasteiger charge is 2.63. The summed E-state index contributed by atoms with van der Waals surface area (Å²) in [7, 11) is 0. The second-order valence-electron chi connectivity index (χ2n) is 3.34. The minimum absolute atomic E-state index is 1.34. The van der Waals surface area contributed by atoms with Crippen LogP contribution in [0, 0.1) is 0 Å². The Bertz CT molecular complexity index is 416. The van der Waals surface area contributed by atoms with Crippen molar-refractivity contribution in [3.8, 4) is 0 Å². The highest BCUT2D eigenvalue weighted by atomic mass is 19.4. The second kappa shape index (κ2) is 11.1. The smallest absolute Gasteiger partial charge is 0.166 e. The van der Waals surface area contributed by atoms with Gasteiger partial charge in [-0.15, -0.1) is 50.9 Å². The number of rotatable bonds is 4. The van der Waals surface area contributed by atoms with Crippen molar-refractivity contribution in [3.05, 3.63) is 0 Å². The Balaban J connectivity index is -0.000000350. The van der Waals surface area contributed by atoms with Crippen LogP contribution in [0.4, 0.5) is 79.4 Å². The van der Waals surface area contributed by atoms with Crippen LogP contribution in [0.2, 0.25) is 0 Å². The molecule has 29 heavy (non-hydrogen) atoms. The molecule has 23 heteroatoms. The average molecular weight is 494 g/mol. The number of hydrogen-bond donors (Lipinski definition) is 0. The first-order chi connectivity index (χ1) is 12.4. The molecule has 0 fully saturated rings. The third-order valence-corrected chi connectivity index (χ3v) is 1.19. The van der Waals surface area contributed by atoms with E-state index in [9.17, 15) is 79.4 Å². The first-order valence-corrected chi connectivity index (χ1v) is 4.98. The van der Waals surface area contributed by atoms with Crippen molar-refractivity contribution < 1.29 is 104 Å². The molecular formula is C6F18O5. The summed E-state index contributed by atoms with van der Waals surface area (Å²) in [5, 5.41) is 0. The van der Waals surface area contributed by atoms with Gasteiger partial charge in [0.25, 0.3) is 0 Å². The zero-order valence-electron chi connectivity index (χ0n) is 11.8. The fourth-order valence-electron chi connectivity index (χ4n) is 0.238. The zero-order chi connectivity index (χ0) is 24.5. The Labute approximate surface area is 143 Å². The fraction of sp³-hybridized carbons (Fsp3) is 1.00. The summed E-state index contributed by atoms with van der Waals surface area (Å²) in [6.07, 6.45) is -28.4. The molecule has 0 rings (SSSR count). The van der Waals surface area contributed by atoms with Crippen LogP contribution in [0.1, 0.15) is 0 Å². The molecule has 0 unspecified atom stereocenters. The Morgan fingerprint density at radius 3 is 0.690 bits per heavy atom. The van der Waals surface area contributed by atoms with E-state index >= 15 is 0 Å². The maximum Gasteiger partial charge on any atom is 0.549 e. The maximum absolute atomic E-state index is 11.4. The van der Waals surface area contributed by atoms with Crippen LogP contribution >= 0.6 is 0 Å². The van der Waals surface area contributed by atoms with Gasteiger partial charge >= 0.3 is 37.2 Å². The molecule has 0 radical (unpaired) electrons. The van der Waals surface area contributed by atoms with Crippen LogP contribution in [-0.4, -0.2) is 37.2 Å². The topological polar surface area (TPSA) is 46.2 Å². The zero-order valence-corrected chi connectivity index (χ0v) is 11.8. The Morgan fingerprint density at radius 1 is 0.379 bits per heavy atom. The average Bonchev–Trinajstić information content (AvgIpc) is 2.50. The minimum atomic E-state index is -5.98. The summed E-state index contributed by atoms with van der Waals surface area (Å²) in [5.41, 5.74) is 0. The molecule has 0 aromatic rings. The van der Waals surface area contributed by atoms with E-state index in [-0.39, 0.29) is 0 Å². The van der Waals surface area contributed by atoms with Crippen molar-refractivity contribution in [2.75, 3.05) is 0 Å². The number of hydrogen-bond acceptors (Lipinski definition) is 5. The molecule has 5 nitrogen and oxygen atoms in total. The normalized spacial score (nSPS) is 13.9. The number of alkyl halides is 15. The highest BCUT2D eigenvalue weighted by Crippen LogP contribution is 2.37.